The molecule has 0 heterocycles. The third-order valence-corrected chi connectivity index (χ3v) is 4.10. The number of methoxy groups -OCH3 is 2. The van der Waals surface area contributed by atoms with E-state index in [0.717, 1.165) is 28.3 Å². The number of aryl methyl sites for hydroxylation is 2. The Morgan fingerprint density at radius 2 is 1.79 bits per heavy atom. The Morgan fingerprint density at radius 3 is 2.42 bits per heavy atom. The molecular weight excluding hydrogens is 320 g/mol. The number of rotatable bonds is 5. The molecule has 2 aromatic carbocycles. The van der Waals surface area contributed by atoms with Crippen LogP contribution in [-0.4, -0.2) is 19.3 Å². The highest BCUT2D eigenvalue weighted by Gasteiger charge is 2.14. The van der Waals surface area contributed by atoms with E-state index in [9.17, 15) is 0 Å². The zero-order valence-electron chi connectivity index (χ0n) is 14.8. The third-order valence-electron chi connectivity index (χ3n) is 3.88. The van der Waals surface area contributed by atoms with Crippen molar-refractivity contribution in [1.82, 2.24) is 5.32 Å². The number of hydrogen-bond donors (Lipinski definition) is 2. The number of hydrogen-bond acceptors (Lipinski definition) is 3. The molecule has 128 valence electrons. The molecule has 0 spiro atoms. The highest BCUT2D eigenvalue weighted by molar-refractivity contribution is 7.80. The van der Waals surface area contributed by atoms with E-state index < -0.39 is 0 Å². The maximum Gasteiger partial charge on any atom is 0.171 e. The summed E-state index contributed by atoms with van der Waals surface area (Å²) in [7, 11) is 3.31. The van der Waals surface area contributed by atoms with Crippen LogP contribution in [0.4, 0.5) is 5.69 Å². The molecule has 5 heteroatoms. The molecule has 0 radical (unpaired) electrons. The summed E-state index contributed by atoms with van der Waals surface area (Å²) < 4.78 is 10.7. The lowest BCUT2D eigenvalue weighted by Crippen LogP contribution is -2.31. The second-order valence-corrected chi connectivity index (χ2v) is 6.15. The fourth-order valence-corrected chi connectivity index (χ4v) is 2.85. The predicted molar refractivity (Wildman–Crippen MR) is 103 cm³/mol. The van der Waals surface area contributed by atoms with Crippen LogP contribution in [0.25, 0.3) is 0 Å². The first-order chi connectivity index (χ1) is 11.4. The maximum atomic E-state index is 5.45. The molecular formula is C19H24N2O2S. The van der Waals surface area contributed by atoms with Crippen LogP contribution in [0.2, 0.25) is 0 Å². The van der Waals surface area contributed by atoms with Crippen molar-refractivity contribution in [2.75, 3.05) is 19.5 Å². The standard InChI is InChI=1S/C19H24N2O2S/c1-12-6-8-17(13(2)10-12)21-19(24)20-14(3)16-11-15(22-4)7-9-18(16)23-5/h6-11,14H,1-5H3,(H2,20,21,24). The molecule has 2 rings (SSSR count). The highest BCUT2D eigenvalue weighted by atomic mass is 32.1. The number of thiocarbonyl (C=S) groups is 1. The van der Waals surface area contributed by atoms with Crippen molar-refractivity contribution in [2.45, 2.75) is 26.8 Å². The van der Waals surface area contributed by atoms with Crippen LogP contribution in [-0.2, 0) is 0 Å². The summed E-state index contributed by atoms with van der Waals surface area (Å²) >= 11 is 5.45. The summed E-state index contributed by atoms with van der Waals surface area (Å²) in [4.78, 5) is 0. The average Bonchev–Trinajstić information content (AvgIpc) is 2.56. The summed E-state index contributed by atoms with van der Waals surface area (Å²) in [6.45, 7) is 6.17. The topological polar surface area (TPSA) is 42.5 Å². The number of ether oxygens (including phenoxy) is 2. The first-order valence-corrected chi connectivity index (χ1v) is 8.22. The van der Waals surface area contributed by atoms with Gasteiger partial charge >= 0.3 is 0 Å². The second kappa shape index (κ2) is 8.02. The molecule has 2 aromatic rings. The van der Waals surface area contributed by atoms with E-state index in [-0.39, 0.29) is 6.04 Å². The normalized spacial score (nSPS) is 11.5. The monoisotopic (exact) mass is 344 g/mol. The van der Waals surface area contributed by atoms with E-state index in [4.69, 9.17) is 21.7 Å². The number of nitrogens with one attached hydrogen (secondary N) is 2. The van der Waals surface area contributed by atoms with E-state index in [0.29, 0.717) is 5.11 Å². The van der Waals surface area contributed by atoms with Gasteiger partial charge < -0.3 is 20.1 Å². The molecule has 2 N–H and O–H groups in total. The van der Waals surface area contributed by atoms with Gasteiger partial charge in [0.25, 0.3) is 0 Å². The Hall–Kier alpha value is -2.27. The molecule has 0 aliphatic rings. The SMILES string of the molecule is COc1ccc(OC)c(C(C)NC(=S)Nc2ccc(C)cc2C)c1. The van der Waals surface area contributed by atoms with E-state index in [1.54, 1.807) is 14.2 Å². The zero-order chi connectivity index (χ0) is 17.7. The molecule has 0 saturated heterocycles. The van der Waals surface area contributed by atoms with Gasteiger partial charge in [-0.15, -0.1) is 0 Å². The number of anilines is 1. The largest absolute Gasteiger partial charge is 0.497 e. The van der Waals surface area contributed by atoms with Gasteiger partial charge in [0.1, 0.15) is 11.5 Å². The minimum absolute atomic E-state index is 0.0270. The van der Waals surface area contributed by atoms with Crippen LogP contribution in [0.1, 0.15) is 29.7 Å². The van der Waals surface area contributed by atoms with Crippen LogP contribution in [0.15, 0.2) is 36.4 Å². The molecule has 0 amide bonds. The van der Waals surface area contributed by atoms with E-state index in [2.05, 4.69) is 36.6 Å². The summed E-state index contributed by atoms with van der Waals surface area (Å²) in [5.74, 6) is 1.58. The lowest BCUT2D eigenvalue weighted by Gasteiger charge is -2.20. The molecule has 0 aromatic heterocycles. The first-order valence-electron chi connectivity index (χ1n) is 7.81. The van der Waals surface area contributed by atoms with Gasteiger partial charge in [0.2, 0.25) is 0 Å². The van der Waals surface area contributed by atoms with Crippen molar-refractivity contribution in [2.24, 2.45) is 0 Å². The van der Waals surface area contributed by atoms with Crippen LogP contribution < -0.4 is 20.1 Å². The minimum atomic E-state index is -0.0270. The van der Waals surface area contributed by atoms with Gasteiger partial charge in [-0.1, -0.05) is 17.7 Å². The Labute approximate surface area is 149 Å². The molecule has 1 unspecified atom stereocenters. The smallest absolute Gasteiger partial charge is 0.171 e. The van der Waals surface area contributed by atoms with Gasteiger partial charge in [-0.3, -0.25) is 0 Å². The first kappa shape index (κ1) is 18.1. The van der Waals surface area contributed by atoms with Crippen LogP contribution >= 0.6 is 12.2 Å². The summed E-state index contributed by atoms with van der Waals surface area (Å²) in [6, 6.07) is 11.9. The van der Waals surface area contributed by atoms with Crippen LogP contribution in [0.5, 0.6) is 11.5 Å². The van der Waals surface area contributed by atoms with Gasteiger partial charge in [0, 0.05) is 11.3 Å². The lowest BCUT2D eigenvalue weighted by molar-refractivity contribution is 0.395. The van der Waals surface area contributed by atoms with Crippen molar-refractivity contribution >= 4 is 23.0 Å². The van der Waals surface area contributed by atoms with Crippen molar-refractivity contribution in [3.05, 3.63) is 53.1 Å². The quantitative estimate of drug-likeness (QED) is 0.789. The summed E-state index contributed by atoms with van der Waals surface area (Å²) in [6.07, 6.45) is 0. The highest BCUT2D eigenvalue weighted by Crippen LogP contribution is 2.29. The molecule has 24 heavy (non-hydrogen) atoms. The molecule has 0 aliphatic carbocycles. The molecule has 0 aliphatic heterocycles. The summed E-state index contributed by atoms with van der Waals surface area (Å²) in [5.41, 5.74) is 4.38. The fraction of sp³-hybridized carbons (Fsp3) is 0.316. The Bertz CT molecular complexity index is 731. The van der Waals surface area contributed by atoms with E-state index in [1.165, 1.54) is 5.56 Å². The van der Waals surface area contributed by atoms with Gasteiger partial charge in [-0.25, -0.2) is 0 Å². The Morgan fingerprint density at radius 1 is 1.04 bits per heavy atom. The average molecular weight is 344 g/mol. The van der Waals surface area contributed by atoms with Crippen molar-refractivity contribution < 1.29 is 9.47 Å². The Kier molecular flexibility index (Phi) is 6.04. The molecule has 0 bridgehead atoms. The minimum Gasteiger partial charge on any atom is -0.497 e. The molecule has 4 nitrogen and oxygen atoms in total. The maximum absolute atomic E-state index is 5.45. The van der Waals surface area contributed by atoms with Crippen molar-refractivity contribution in [1.29, 1.82) is 0 Å². The van der Waals surface area contributed by atoms with Gasteiger partial charge in [-0.2, -0.15) is 0 Å². The lowest BCUT2D eigenvalue weighted by atomic mass is 10.1. The molecule has 0 fully saturated rings. The fourth-order valence-electron chi connectivity index (χ4n) is 2.56. The van der Waals surface area contributed by atoms with E-state index in [1.807, 2.05) is 31.2 Å². The summed E-state index contributed by atoms with van der Waals surface area (Å²) in [5, 5.41) is 7.12. The predicted octanol–water partition coefficient (Wildman–Crippen LogP) is 4.37. The zero-order valence-corrected chi connectivity index (χ0v) is 15.6. The van der Waals surface area contributed by atoms with E-state index >= 15 is 0 Å². The van der Waals surface area contributed by atoms with Crippen LogP contribution in [0.3, 0.4) is 0 Å². The number of benzene rings is 2. The second-order valence-electron chi connectivity index (χ2n) is 5.75. The van der Waals surface area contributed by atoms with Gasteiger partial charge in [0.15, 0.2) is 5.11 Å². The van der Waals surface area contributed by atoms with Crippen LogP contribution in [0, 0.1) is 13.8 Å². The van der Waals surface area contributed by atoms with Gasteiger partial charge in [0.05, 0.1) is 20.3 Å². The van der Waals surface area contributed by atoms with Crippen molar-refractivity contribution in [3.8, 4) is 11.5 Å². The van der Waals surface area contributed by atoms with Crippen molar-refractivity contribution in [3.63, 3.8) is 0 Å². The molecule has 0 saturated carbocycles. The third kappa shape index (κ3) is 4.38. The molecule has 1 atom stereocenters. The Balaban J connectivity index is 2.11. The van der Waals surface area contributed by atoms with Gasteiger partial charge in [-0.05, 0) is 62.8 Å².